The first-order valence-electron chi connectivity index (χ1n) is 8.37. The second kappa shape index (κ2) is 4.93. The number of anilines is 1. The average Bonchev–Trinajstić information content (AvgIpc) is 3.48. The largest absolute Gasteiger partial charge is 0.440 e. The van der Waals surface area contributed by atoms with Crippen molar-refractivity contribution in [3.63, 3.8) is 0 Å². The molecule has 1 aromatic carbocycles. The molecule has 24 heavy (non-hydrogen) atoms. The number of nitrogens with zero attached hydrogens (tertiary/aromatic N) is 3. The Morgan fingerprint density at radius 2 is 2.25 bits per heavy atom. The topological polar surface area (TPSA) is 73.0 Å². The number of hydrogen-bond donors (Lipinski definition) is 1. The molecule has 2 aliphatic carbocycles. The third-order valence-corrected chi connectivity index (χ3v) is 4.88. The minimum absolute atomic E-state index is 0.0317. The van der Waals surface area contributed by atoms with Crippen LogP contribution in [0, 0.1) is 5.92 Å². The highest BCUT2D eigenvalue weighted by Crippen LogP contribution is 2.48. The van der Waals surface area contributed by atoms with Crippen LogP contribution in [0.5, 0.6) is 0 Å². The van der Waals surface area contributed by atoms with Gasteiger partial charge in [-0.25, -0.2) is 4.98 Å². The van der Waals surface area contributed by atoms with Crippen molar-refractivity contribution in [1.29, 1.82) is 0 Å². The van der Waals surface area contributed by atoms with Crippen molar-refractivity contribution >= 4 is 22.7 Å². The van der Waals surface area contributed by atoms with E-state index in [0.717, 1.165) is 47.5 Å². The number of oxazole rings is 1. The van der Waals surface area contributed by atoms with Crippen LogP contribution in [0.4, 0.5) is 5.69 Å². The average molecular weight is 322 g/mol. The molecule has 1 N–H and O–H groups in total. The summed E-state index contributed by atoms with van der Waals surface area (Å²) in [6.45, 7) is 0. The maximum atomic E-state index is 12.4. The molecule has 2 aromatic heterocycles. The first kappa shape index (κ1) is 13.8. The first-order valence-corrected chi connectivity index (χ1v) is 8.37. The molecule has 0 bridgehead atoms. The molecule has 6 heteroatoms. The molecule has 2 fully saturated rings. The number of amides is 1. The fourth-order valence-corrected chi connectivity index (χ4v) is 3.25. The lowest BCUT2D eigenvalue weighted by Gasteiger charge is -2.04. The molecule has 0 unspecified atom stereocenters. The van der Waals surface area contributed by atoms with Crippen molar-refractivity contribution in [1.82, 2.24) is 14.8 Å². The Bertz CT molecular complexity index is 938. The minimum Gasteiger partial charge on any atom is -0.440 e. The first-order chi connectivity index (χ1) is 11.7. The molecule has 2 aliphatic rings. The van der Waals surface area contributed by atoms with Crippen LogP contribution in [0.2, 0.25) is 0 Å². The number of nitrogens with one attached hydrogen (secondary N) is 1. The molecule has 1 amide bonds. The number of fused-ring (bicyclic) bond motifs is 1. The fourth-order valence-electron chi connectivity index (χ4n) is 3.25. The molecule has 2 heterocycles. The number of aryl methyl sites for hydroxylation is 1. The summed E-state index contributed by atoms with van der Waals surface area (Å²) in [5.41, 5.74) is 3.52. The number of rotatable bonds is 4. The maximum Gasteiger partial charge on any atom is 0.228 e. The number of hydrogen-bond acceptors (Lipinski definition) is 4. The van der Waals surface area contributed by atoms with Crippen LogP contribution in [-0.2, 0) is 11.8 Å². The molecule has 6 nitrogen and oxygen atoms in total. The molecule has 0 saturated heterocycles. The number of benzene rings is 1. The highest BCUT2D eigenvalue weighted by molar-refractivity contribution is 5.96. The maximum absolute atomic E-state index is 12.4. The number of aromatic nitrogens is 3. The quantitative estimate of drug-likeness (QED) is 0.800. The van der Waals surface area contributed by atoms with Crippen LogP contribution in [-0.4, -0.2) is 20.7 Å². The summed E-state index contributed by atoms with van der Waals surface area (Å²) in [5, 5.41) is 7.19. The molecule has 0 aliphatic heterocycles. The van der Waals surface area contributed by atoms with E-state index in [1.165, 1.54) is 0 Å². The highest BCUT2D eigenvalue weighted by Gasteiger charge is 2.44. The van der Waals surface area contributed by atoms with E-state index in [1.807, 2.05) is 37.6 Å². The molecular formula is C18H18N4O2. The van der Waals surface area contributed by atoms with E-state index in [1.54, 1.807) is 4.68 Å². The molecule has 122 valence electrons. The number of carbonyl (C=O) groups excluding carboxylic acids is 1. The van der Waals surface area contributed by atoms with Gasteiger partial charge in [-0.15, -0.1) is 0 Å². The lowest BCUT2D eigenvalue weighted by molar-refractivity contribution is -0.117. The standard InChI is InChI=1S/C18H18N4O2/c1-22-9-11(8-19-22)13-7-14(13)17(23)20-12-4-5-16-15(6-12)21-18(24-16)10-2-3-10/h4-6,8-10,13-14H,2-3,7H2,1H3,(H,20,23)/t13-,14-/m1/s1. The summed E-state index contributed by atoms with van der Waals surface area (Å²) in [4.78, 5) is 17.0. The van der Waals surface area contributed by atoms with Gasteiger partial charge in [0, 0.05) is 30.8 Å². The molecular weight excluding hydrogens is 304 g/mol. The second-order valence-corrected chi connectivity index (χ2v) is 6.89. The van der Waals surface area contributed by atoms with Gasteiger partial charge in [-0.3, -0.25) is 9.48 Å². The van der Waals surface area contributed by atoms with Crippen LogP contribution >= 0.6 is 0 Å². The van der Waals surface area contributed by atoms with Gasteiger partial charge in [-0.05, 0) is 48.9 Å². The van der Waals surface area contributed by atoms with Crippen LogP contribution in [0.1, 0.15) is 42.6 Å². The number of carbonyl (C=O) groups is 1. The van der Waals surface area contributed by atoms with E-state index in [-0.39, 0.29) is 17.7 Å². The third-order valence-electron chi connectivity index (χ3n) is 4.88. The predicted molar refractivity (Wildman–Crippen MR) is 88.7 cm³/mol. The Labute approximate surface area is 138 Å². The Morgan fingerprint density at radius 1 is 1.38 bits per heavy atom. The van der Waals surface area contributed by atoms with Crippen LogP contribution in [0.3, 0.4) is 0 Å². The molecule has 0 radical (unpaired) electrons. The summed E-state index contributed by atoms with van der Waals surface area (Å²) in [6, 6.07) is 5.66. The zero-order valence-electron chi connectivity index (χ0n) is 13.4. The highest BCUT2D eigenvalue weighted by atomic mass is 16.3. The van der Waals surface area contributed by atoms with Crippen molar-refractivity contribution in [2.75, 3.05) is 5.32 Å². The third kappa shape index (κ3) is 2.38. The lowest BCUT2D eigenvalue weighted by atomic mass is 10.2. The van der Waals surface area contributed by atoms with Crippen molar-refractivity contribution in [2.24, 2.45) is 13.0 Å². The zero-order chi connectivity index (χ0) is 16.3. The van der Waals surface area contributed by atoms with E-state index >= 15 is 0 Å². The van der Waals surface area contributed by atoms with Crippen molar-refractivity contribution in [2.45, 2.75) is 31.1 Å². The predicted octanol–water partition coefficient (Wildman–Crippen LogP) is 3.18. The summed E-state index contributed by atoms with van der Waals surface area (Å²) < 4.78 is 7.53. The molecule has 2 atom stereocenters. The molecule has 3 aromatic rings. The van der Waals surface area contributed by atoms with E-state index in [0.29, 0.717) is 5.92 Å². The summed E-state index contributed by atoms with van der Waals surface area (Å²) in [7, 11) is 1.89. The Hall–Kier alpha value is -2.63. The van der Waals surface area contributed by atoms with Gasteiger partial charge >= 0.3 is 0 Å². The van der Waals surface area contributed by atoms with Crippen LogP contribution in [0.25, 0.3) is 11.1 Å². The van der Waals surface area contributed by atoms with Crippen LogP contribution in [0.15, 0.2) is 35.0 Å². The smallest absolute Gasteiger partial charge is 0.228 e. The van der Waals surface area contributed by atoms with Crippen molar-refractivity contribution < 1.29 is 9.21 Å². The fraction of sp³-hybridized carbons (Fsp3) is 0.389. The van der Waals surface area contributed by atoms with Crippen molar-refractivity contribution in [3.05, 3.63) is 42.0 Å². The van der Waals surface area contributed by atoms with Gasteiger partial charge in [0.05, 0.1) is 6.20 Å². The second-order valence-electron chi connectivity index (χ2n) is 6.89. The van der Waals surface area contributed by atoms with Gasteiger partial charge in [0.15, 0.2) is 11.5 Å². The van der Waals surface area contributed by atoms with Gasteiger partial charge in [-0.1, -0.05) is 0 Å². The zero-order valence-corrected chi connectivity index (χ0v) is 13.4. The normalized spacial score (nSPS) is 22.7. The van der Waals surface area contributed by atoms with Gasteiger partial charge in [0.25, 0.3) is 0 Å². The van der Waals surface area contributed by atoms with Crippen LogP contribution < -0.4 is 5.32 Å². The molecule has 5 rings (SSSR count). The Kier molecular flexibility index (Phi) is 2.83. The lowest BCUT2D eigenvalue weighted by Crippen LogP contribution is -2.14. The van der Waals surface area contributed by atoms with E-state index in [4.69, 9.17) is 4.42 Å². The van der Waals surface area contributed by atoms with E-state index in [9.17, 15) is 4.79 Å². The van der Waals surface area contributed by atoms with E-state index < -0.39 is 0 Å². The Morgan fingerprint density at radius 3 is 3.00 bits per heavy atom. The Balaban J connectivity index is 1.30. The minimum atomic E-state index is 0.0317. The SMILES string of the molecule is Cn1cc([C@H]2C[C@H]2C(=O)Nc2ccc3oc(C4CC4)nc3c2)cn1. The monoisotopic (exact) mass is 322 g/mol. The van der Waals surface area contributed by atoms with Gasteiger partial charge < -0.3 is 9.73 Å². The van der Waals surface area contributed by atoms with Gasteiger partial charge in [0.2, 0.25) is 5.91 Å². The van der Waals surface area contributed by atoms with Gasteiger partial charge in [-0.2, -0.15) is 5.10 Å². The summed E-state index contributed by atoms with van der Waals surface area (Å²) >= 11 is 0. The molecule has 2 saturated carbocycles. The van der Waals surface area contributed by atoms with Gasteiger partial charge in [0.1, 0.15) is 5.52 Å². The summed E-state index contributed by atoms with van der Waals surface area (Å²) in [5.74, 6) is 1.70. The molecule has 0 spiro atoms. The summed E-state index contributed by atoms with van der Waals surface area (Å²) in [6.07, 6.45) is 7.04. The van der Waals surface area contributed by atoms with Crippen molar-refractivity contribution in [3.8, 4) is 0 Å². The van der Waals surface area contributed by atoms with E-state index in [2.05, 4.69) is 15.4 Å².